The molecule has 1 aromatic rings. The maximum absolute atomic E-state index is 6.15. The molecule has 0 spiro atoms. The van der Waals surface area contributed by atoms with Gasteiger partial charge in [-0.05, 0) is 18.8 Å². The average Bonchev–Trinajstić information content (AvgIpc) is 2.87. The maximum Gasteiger partial charge on any atom is 0.149 e. The highest BCUT2D eigenvalue weighted by atomic mass is 32.2. The lowest BCUT2D eigenvalue weighted by atomic mass is 10.0. The summed E-state index contributed by atoms with van der Waals surface area (Å²) in [5, 5.41) is 2.02. The first-order valence-electron chi connectivity index (χ1n) is 5.14. The van der Waals surface area contributed by atoms with Crippen LogP contribution in [0.3, 0.4) is 0 Å². The Balaban J connectivity index is 1.74. The third kappa shape index (κ3) is 2.72. The molecule has 1 heterocycles. The first-order chi connectivity index (χ1) is 6.86. The summed E-state index contributed by atoms with van der Waals surface area (Å²) in [7, 11) is 0. The summed E-state index contributed by atoms with van der Waals surface area (Å²) in [6.45, 7) is 0. The van der Waals surface area contributed by atoms with E-state index < -0.39 is 0 Å². The van der Waals surface area contributed by atoms with Crippen LogP contribution in [0.4, 0.5) is 0 Å². The van der Waals surface area contributed by atoms with Crippen LogP contribution in [0.1, 0.15) is 25.7 Å². The molecule has 0 aliphatic heterocycles. The van der Waals surface area contributed by atoms with Crippen LogP contribution in [0.15, 0.2) is 15.9 Å². The highest BCUT2D eigenvalue weighted by Gasteiger charge is 2.21. The van der Waals surface area contributed by atoms with Crippen LogP contribution in [0.5, 0.6) is 0 Å². The zero-order valence-electron chi connectivity index (χ0n) is 8.19. The van der Waals surface area contributed by atoms with Gasteiger partial charge in [0.1, 0.15) is 4.34 Å². The first-order valence-corrected chi connectivity index (χ1v) is 7.00. The summed E-state index contributed by atoms with van der Waals surface area (Å²) in [6.07, 6.45) is 7.27. The molecule has 2 N–H and O–H groups in total. The van der Waals surface area contributed by atoms with Crippen molar-refractivity contribution in [2.24, 2.45) is 11.7 Å². The molecule has 0 saturated heterocycles. The van der Waals surface area contributed by atoms with Crippen LogP contribution in [0, 0.1) is 5.92 Å². The standard InChI is InChI=1S/C10H16N2S2/c11-9(8-3-1-2-4-8)7-14-10-12-5-6-13-10/h5-6,8-9H,1-4,7,11H2. The smallest absolute Gasteiger partial charge is 0.149 e. The monoisotopic (exact) mass is 228 g/mol. The van der Waals surface area contributed by atoms with Crippen LogP contribution in [0.25, 0.3) is 0 Å². The van der Waals surface area contributed by atoms with Gasteiger partial charge in [0.15, 0.2) is 0 Å². The summed E-state index contributed by atoms with van der Waals surface area (Å²) in [5.41, 5.74) is 6.15. The molecule has 14 heavy (non-hydrogen) atoms. The number of hydrogen-bond acceptors (Lipinski definition) is 4. The number of aromatic nitrogens is 1. The van der Waals surface area contributed by atoms with Gasteiger partial charge in [-0.1, -0.05) is 24.6 Å². The Bertz CT molecular complexity index is 255. The highest BCUT2D eigenvalue weighted by molar-refractivity contribution is 8.01. The van der Waals surface area contributed by atoms with E-state index in [2.05, 4.69) is 4.98 Å². The quantitative estimate of drug-likeness (QED) is 0.805. The van der Waals surface area contributed by atoms with Crippen molar-refractivity contribution in [3.63, 3.8) is 0 Å². The fourth-order valence-electron chi connectivity index (χ4n) is 1.97. The molecular formula is C10H16N2S2. The van der Waals surface area contributed by atoms with E-state index in [9.17, 15) is 0 Å². The molecule has 0 bridgehead atoms. The van der Waals surface area contributed by atoms with Gasteiger partial charge in [0, 0.05) is 23.4 Å². The van der Waals surface area contributed by atoms with E-state index in [-0.39, 0.29) is 0 Å². The number of rotatable bonds is 4. The van der Waals surface area contributed by atoms with Crippen molar-refractivity contribution in [1.82, 2.24) is 4.98 Å². The van der Waals surface area contributed by atoms with Gasteiger partial charge < -0.3 is 5.73 Å². The van der Waals surface area contributed by atoms with Gasteiger partial charge >= 0.3 is 0 Å². The largest absolute Gasteiger partial charge is 0.327 e. The van der Waals surface area contributed by atoms with Gasteiger partial charge in [-0.25, -0.2) is 4.98 Å². The molecule has 0 radical (unpaired) electrons. The lowest BCUT2D eigenvalue weighted by molar-refractivity contribution is 0.463. The van der Waals surface area contributed by atoms with Crippen molar-refractivity contribution in [1.29, 1.82) is 0 Å². The van der Waals surface area contributed by atoms with E-state index in [4.69, 9.17) is 5.73 Å². The minimum Gasteiger partial charge on any atom is -0.327 e. The molecule has 1 fully saturated rings. The number of nitrogens with zero attached hydrogens (tertiary/aromatic N) is 1. The Morgan fingerprint density at radius 1 is 1.57 bits per heavy atom. The molecule has 2 nitrogen and oxygen atoms in total. The van der Waals surface area contributed by atoms with Gasteiger partial charge in [0.2, 0.25) is 0 Å². The van der Waals surface area contributed by atoms with Gasteiger partial charge in [0.05, 0.1) is 0 Å². The highest BCUT2D eigenvalue weighted by Crippen LogP contribution is 2.30. The van der Waals surface area contributed by atoms with Crippen molar-refractivity contribution in [2.45, 2.75) is 36.1 Å². The predicted molar refractivity (Wildman–Crippen MR) is 62.8 cm³/mol. The molecule has 78 valence electrons. The predicted octanol–water partition coefficient (Wildman–Crippen LogP) is 2.75. The molecule has 1 atom stereocenters. The lowest BCUT2D eigenvalue weighted by Crippen LogP contribution is -2.30. The minimum absolute atomic E-state index is 0.367. The third-order valence-electron chi connectivity index (χ3n) is 2.81. The van der Waals surface area contributed by atoms with Crippen LogP contribution < -0.4 is 5.73 Å². The van der Waals surface area contributed by atoms with Crippen molar-refractivity contribution in [3.8, 4) is 0 Å². The Morgan fingerprint density at radius 3 is 3.00 bits per heavy atom. The summed E-state index contributed by atoms with van der Waals surface area (Å²) < 4.78 is 1.15. The fraction of sp³-hybridized carbons (Fsp3) is 0.700. The second-order valence-electron chi connectivity index (χ2n) is 3.82. The zero-order chi connectivity index (χ0) is 9.80. The second-order valence-corrected chi connectivity index (χ2v) is 5.98. The SMILES string of the molecule is NC(CSc1nccs1)C1CCCC1. The molecule has 4 heteroatoms. The van der Waals surface area contributed by atoms with Gasteiger partial charge in [0.25, 0.3) is 0 Å². The molecule has 2 rings (SSSR count). The van der Waals surface area contributed by atoms with Gasteiger partial charge in [-0.15, -0.1) is 11.3 Å². The van der Waals surface area contributed by atoms with E-state index in [0.717, 1.165) is 16.0 Å². The number of hydrogen-bond donors (Lipinski definition) is 1. The average molecular weight is 228 g/mol. The van der Waals surface area contributed by atoms with E-state index in [1.54, 1.807) is 23.1 Å². The molecule has 1 saturated carbocycles. The molecule has 1 unspecified atom stereocenters. The van der Waals surface area contributed by atoms with E-state index in [1.165, 1.54) is 25.7 Å². The number of thioether (sulfide) groups is 1. The third-order valence-corrected chi connectivity index (χ3v) is 4.93. The van der Waals surface area contributed by atoms with Crippen molar-refractivity contribution >= 4 is 23.1 Å². The summed E-state index contributed by atoms with van der Waals surface area (Å²) >= 11 is 3.51. The Hall–Kier alpha value is -0.0600. The van der Waals surface area contributed by atoms with E-state index >= 15 is 0 Å². The fourth-order valence-corrected chi connectivity index (χ4v) is 3.72. The molecular weight excluding hydrogens is 212 g/mol. The summed E-state index contributed by atoms with van der Waals surface area (Å²) in [5.74, 6) is 1.79. The van der Waals surface area contributed by atoms with Crippen LogP contribution in [-0.4, -0.2) is 16.8 Å². The Morgan fingerprint density at radius 2 is 2.36 bits per heavy atom. The normalized spacial score (nSPS) is 20.1. The van der Waals surface area contributed by atoms with Crippen molar-refractivity contribution in [2.75, 3.05) is 5.75 Å². The van der Waals surface area contributed by atoms with Crippen molar-refractivity contribution in [3.05, 3.63) is 11.6 Å². The maximum atomic E-state index is 6.15. The molecule has 1 aliphatic carbocycles. The number of thiazole rings is 1. The van der Waals surface area contributed by atoms with Gasteiger partial charge in [-0.3, -0.25) is 0 Å². The zero-order valence-corrected chi connectivity index (χ0v) is 9.82. The lowest BCUT2D eigenvalue weighted by Gasteiger charge is -2.17. The van der Waals surface area contributed by atoms with Gasteiger partial charge in [-0.2, -0.15) is 0 Å². The second kappa shape index (κ2) is 5.14. The first kappa shape index (κ1) is 10.5. The summed E-state index contributed by atoms with van der Waals surface area (Å²) in [6, 6.07) is 0.367. The molecule has 0 amide bonds. The van der Waals surface area contributed by atoms with Crippen LogP contribution in [0.2, 0.25) is 0 Å². The number of nitrogens with two attached hydrogens (primary N) is 1. The topological polar surface area (TPSA) is 38.9 Å². The minimum atomic E-state index is 0.367. The van der Waals surface area contributed by atoms with Crippen molar-refractivity contribution < 1.29 is 0 Å². The van der Waals surface area contributed by atoms with E-state index in [1.807, 2.05) is 11.6 Å². The Labute approximate surface area is 93.3 Å². The van der Waals surface area contributed by atoms with E-state index in [0.29, 0.717) is 6.04 Å². The molecule has 0 aromatic carbocycles. The molecule has 1 aliphatic rings. The summed E-state index contributed by atoms with van der Waals surface area (Å²) in [4.78, 5) is 4.24. The Kier molecular flexibility index (Phi) is 3.84. The van der Waals surface area contributed by atoms with Crippen LogP contribution in [-0.2, 0) is 0 Å². The van der Waals surface area contributed by atoms with Crippen LogP contribution >= 0.6 is 23.1 Å². The molecule has 1 aromatic heterocycles.